The minimum atomic E-state index is -0.814. The van der Waals surface area contributed by atoms with Gasteiger partial charge in [-0.25, -0.2) is 4.98 Å². The predicted molar refractivity (Wildman–Crippen MR) is 129 cm³/mol. The number of rotatable bonds is 7. The molecule has 33 heavy (non-hydrogen) atoms. The van der Waals surface area contributed by atoms with E-state index in [1.54, 1.807) is 0 Å². The van der Waals surface area contributed by atoms with Gasteiger partial charge in [-0.3, -0.25) is 4.79 Å². The fraction of sp³-hybridized carbons (Fsp3) is 0.357. The molecule has 172 valence electrons. The van der Waals surface area contributed by atoms with E-state index in [9.17, 15) is 4.79 Å². The van der Waals surface area contributed by atoms with Gasteiger partial charge in [0.15, 0.2) is 0 Å². The number of oxazole rings is 1. The number of aromatic nitrogens is 1. The normalized spacial score (nSPS) is 15.9. The Hall–Kier alpha value is -3.34. The van der Waals surface area contributed by atoms with Crippen LogP contribution in [0.1, 0.15) is 54.8 Å². The van der Waals surface area contributed by atoms with Crippen LogP contribution in [0.15, 0.2) is 53.0 Å². The maximum absolute atomic E-state index is 11.2. The lowest BCUT2D eigenvalue weighted by Crippen LogP contribution is -2.22. The molecule has 0 bridgehead atoms. The molecular formula is C28H31NO4. The number of hydrogen-bond acceptors (Lipinski definition) is 4. The average Bonchev–Trinajstić information content (AvgIpc) is 3.13. The molecule has 0 radical (unpaired) electrons. The van der Waals surface area contributed by atoms with E-state index in [1.807, 2.05) is 37.3 Å². The number of carboxylic acids is 1. The summed E-state index contributed by atoms with van der Waals surface area (Å²) in [6, 6.07) is 14.2. The van der Waals surface area contributed by atoms with Crippen LogP contribution in [0, 0.1) is 19.3 Å². The molecular weight excluding hydrogens is 414 g/mol. The molecule has 1 N–H and O–H groups in total. The van der Waals surface area contributed by atoms with Crippen molar-refractivity contribution < 1.29 is 19.1 Å². The van der Waals surface area contributed by atoms with Crippen LogP contribution >= 0.6 is 0 Å². The number of aliphatic carboxylic acids is 1. The molecule has 0 unspecified atom stereocenters. The Labute approximate surface area is 195 Å². The molecule has 1 aliphatic rings. The maximum Gasteiger partial charge on any atom is 0.307 e. The topological polar surface area (TPSA) is 72.6 Å². The van der Waals surface area contributed by atoms with E-state index < -0.39 is 5.97 Å². The van der Waals surface area contributed by atoms with E-state index in [-0.39, 0.29) is 11.8 Å². The molecule has 1 aliphatic carbocycles. The number of allylic oxidation sites excluding steroid dienone is 1. The van der Waals surface area contributed by atoms with Crippen molar-refractivity contribution in [3.63, 3.8) is 0 Å². The molecule has 4 rings (SSSR count). The van der Waals surface area contributed by atoms with E-state index in [1.165, 1.54) is 5.56 Å². The molecule has 2 aromatic carbocycles. The van der Waals surface area contributed by atoms with Gasteiger partial charge in [0.2, 0.25) is 5.89 Å². The van der Waals surface area contributed by atoms with Crippen molar-refractivity contribution in [2.45, 2.75) is 53.4 Å². The molecule has 5 nitrogen and oxygen atoms in total. The van der Waals surface area contributed by atoms with Crippen molar-refractivity contribution >= 4 is 11.5 Å². The van der Waals surface area contributed by atoms with E-state index in [4.69, 9.17) is 14.3 Å². The Kier molecular flexibility index (Phi) is 6.41. The van der Waals surface area contributed by atoms with E-state index in [0.29, 0.717) is 18.9 Å². The van der Waals surface area contributed by atoms with Crippen molar-refractivity contribution in [1.29, 1.82) is 0 Å². The highest BCUT2D eigenvalue weighted by Gasteiger charge is 2.32. The first-order valence-electron chi connectivity index (χ1n) is 11.5. The second-order valence-corrected chi connectivity index (χ2v) is 9.37. The molecule has 0 spiro atoms. The average molecular weight is 446 g/mol. The number of ether oxygens (including phenoxy) is 1. The smallest absolute Gasteiger partial charge is 0.307 e. The van der Waals surface area contributed by atoms with Crippen molar-refractivity contribution in [3.05, 3.63) is 76.7 Å². The number of fused-ring (bicyclic) bond motifs is 1. The number of hydrogen-bond donors (Lipinski definition) is 1. The lowest BCUT2D eigenvalue weighted by Gasteiger charge is -2.35. The number of benzene rings is 2. The van der Waals surface area contributed by atoms with Gasteiger partial charge in [-0.15, -0.1) is 0 Å². The first-order valence-corrected chi connectivity index (χ1v) is 11.5. The van der Waals surface area contributed by atoms with Gasteiger partial charge in [0.1, 0.15) is 11.5 Å². The Bertz CT molecular complexity index is 1190. The molecule has 3 aromatic rings. The van der Waals surface area contributed by atoms with E-state index in [2.05, 4.69) is 44.0 Å². The van der Waals surface area contributed by atoms with Gasteiger partial charge in [-0.05, 0) is 61.4 Å². The third-order valence-electron chi connectivity index (χ3n) is 6.42. The third-order valence-corrected chi connectivity index (χ3v) is 6.42. The third kappa shape index (κ3) is 5.03. The summed E-state index contributed by atoms with van der Waals surface area (Å²) in [5.41, 5.74) is 6.35. The first kappa shape index (κ1) is 22.8. The molecule has 0 saturated carbocycles. The molecule has 0 atom stereocenters. The fourth-order valence-corrected chi connectivity index (χ4v) is 4.46. The number of aryl methyl sites for hydroxylation is 2. The van der Waals surface area contributed by atoms with Gasteiger partial charge >= 0.3 is 5.97 Å². The Morgan fingerprint density at radius 3 is 2.67 bits per heavy atom. The van der Waals surface area contributed by atoms with Gasteiger partial charge in [-0.2, -0.15) is 0 Å². The molecule has 1 heterocycles. The van der Waals surface area contributed by atoms with E-state index >= 15 is 0 Å². The highest BCUT2D eigenvalue weighted by atomic mass is 16.5. The van der Waals surface area contributed by atoms with Crippen molar-refractivity contribution in [3.8, 4) is 17.2 Å². The number of nitrogens with zero attached hydrogens (tertiary/aromatic N) is 1. The zero-order chi connectivity index (χ0) is 23.6. The molecule has 0 amide bonds. The van der Waals surface area contributed by atoms with Crippen LogP contribution < -0.4 is 4.74 Å². The van der Waals surface area contributed by atoms with E-state index in [0.717, 1.165) is 52.3 Å². The Morgan fingerprint density at radius 1 is 1.18 bits per heavy atom. The highest BCUT2D eigenvalue weighted by molar-refractivity contribution is 5.79. The first-order chi connectivity index (χ1) is 15.7. The summed E-state index contributed by atoms with van der Waals surface area (Å²) in [5.74, 6) is 1.50. The van der Waals surface area contributed by atoms with Gasteiger partial charge in [0.05, 0.1) is 18.7 Å². The lowest BCUT2D eigenvalue weighted by atomic mass is 9.70. The highest BCUT2D eigenvalue weighted by Crippen LogP contribution is 2.47. The molecule has 1 aromatic heterocycles. The molecule has 0 aliphatic heterocycles. The van der Waals surface area contributed by atoms with Crippen LogP contribution in [0.4, 0.5) is 0 Å². The van der Waals surface area contributed by atoms with Crippen molar-refractivity contribution in [2.75, 3.05) is 6.61 Å². The zero-order valence-corrected chi connectivity index (χ0v) is 19.8. The van der Waals surface area contributed by atoms with Crippen molar-refractivity contribution in [2.24, 2.45) is 5.41 Å². The van der Waals surface area contributed by atoms with Crippen LogP contribution in [0.3, 0.4) is 0 Å². The van der Waals surface area contributed by atoms with Crippen molar-refractivity contribution in [1.82, 2.24) is 4.98 Å². The van der Waals surface area contributed by atoms with Crippen LogP contribution in [-0.4, -0.2) is 22.7 Å². The SMILES string of the molecule is Cc1ccc(-c2nc(CCOc3cccc4c3CCC(C)(C)/C4=C/CC(=O)O)c(C)o2)cc1. The molecule has 0 saturated heterocycles. The predicted octanol–water partition coefficient (Wildman–Crippen LogP) is 6.41. The molecule has 0 fully saturated rings. The monoisotopic (exact) mass is 445 g/mol. The van der Waals surface area contributed by atoms with Gasteiger partial charge in [-0.1, -0.05) is 49.8 Å². The maximum atomic E-state index is 11.2. The molecule has 5 heteroatoms. The van der Waals surface area contributed by atoms with Crippen LogP contribution in [0.5, 0.6) is 5.75 Å². The van der Waals surface area contributed by atoms with Crippen LogP contribution in [0.25, 0.3) is 17.0 Å². The Balaban J connectivity index is 1.49. The van der Waals surface area contributed by atoms with Gasteiger partial charge in [0.25, 0.3) is 0 Å². The summed E-state index contributed by atoms with van der Waals surface area (Å²) in [7, 11) is 0. The summed E-state index contributed by atoms with van der Waals surface area (Å²) in [6.07, 6.45) is 4.39. The largest absolute Gasteiger partial charge is 0.493 e. The second-order valence-electron chi connectivity index (χ2n) is 9.37. The minimum absolute atomic E-state index is 0.0258. The lowest BCUT2D eigenvalue weighted by molar-refractivity contribution is -0.136. The van der Waals surface area contributed by atoms with Gasteiger partial charge < -0.3 is 14.3 Å². The summed E-state index contributed by atoms with van der Waals surface area (Å²) in [4.78, 5) is 15.8. The number of carbonyl (C=O) groups is 1. The number of carboxylic acid groups (broad SMARTS) is 1. The summed E-state index contributed by atoms with van der Waals surface area (Å²) >= 11 is 0. The van der Waals surface area contributed by atoms with Crippen LogP contribution in [0.2, 0.25) is 0 Å². The standard InChI is InChI=1S/C28H31NO4/c1-18-8-10-20(11-9-18)27-29-24(19(2)33-27)15-17-32-25-7-5-6-21-22(25)14-16-28(3,4)23(21)12-13-26(30)31/h5-12H,13-17H2,1-4H3,(H,30,31)/b23-12+. The van der Waals surface area contributed by atoms with Crippen LogP contribution in [-0.2, 0) is 17.6 Å². The zero-order valence-electron chi connectivity index (χ0n) is 19.8. The quantitative estimate of drug-likeness (QED) is 0.455. The van der Waals surface area contributed by atoms with Gasteiger partial charge in [0, 0.05) is 17.5 Å². The summed E-state index contributed by atoms with van der Waals surface area (Å²) < 4.78 is 12.1. The summed E-state index contributed by atoms with van der Waals surface area (Å²) in [5, 5.41) is 9.17. The second kappa shape index (κ2) is 9.26. The fourth-order valence-electron chi connectivity index (χ4n) is 4.46. The Morgan fingerprint density at radius 2 is 1.94 bits per heavy atom. The summed E-state index contributed by atoms with van der Waals surface area (Å²) in [6.45, 7) is 8.84. The minimum Gasteiger partial charge on any atom is -0.493 e.